The summed E-state index contributed by atoms with van der Waals surface area (Å²) in [6.45, 7) is 3.43. The summed E-state index contributed by atoms with van der Waals surface area (Å²) in [6, 6.07) is 17.1. The van der Waals surface area contributed by atoms with E-state index in [4.69, 9.17) is 4.52 Å². The van der Waals surface area contributed by atoms with E-state index in [1.165, 1.54) is 11.8 Å². The fraction of sp³-hybridized carbons (Fsp3) is 0.182. The number of nitrogens with zero attached hydrogens (tertiary/aromatic N) is 1. The molecule has 0 saturated carbocycles. The molecule has 0 aliphatic heterocycles. The number of hydrogen-bond acceptors (Lipinski definition) is 6. The summed E-state index contributed by atoms with van der Waals surface area (Å²) < 4.78 is 4.91. The highest BCUT2D eigenvalue weighted by Crippen LogP contribution is 2.18. The standard InChI is InChI=1S/C22H23N5O4S/c1-14-11-19(27-31-14)26-21(29)15(2)32-13-20(28)23-17-9-6-10-18(12-17)25-22(30)24-16-7-4-3-5-8-16/h3-12,15H,13H2,1-2H3,(H,23,28)(H2,24,25,30)(H,26,27,29). The lowest BCUT2D eigenvalue weighted by Gasteiger charge is -2.12. The Hall–Kier alpha value is -3.79. The third kappa shape index (κ3) is 7.17. The van der Waals surface area contributed by atoms with Crippen LogP contribution < -0.4 is 21.3 Å². The molecule has 166 valence electrons. The van der Waals surface area contributed by atoms with Crippen LogP contribution in [0.2, 0.25) is 0 Å². The summed E-state index contributed by atoms with van der Waals surface area (Å²) in [7, 11) is 0. The number of thioether (sulfide) groups is 1. The number of benzene rings is 2. The molecule has 0 aliphatic rings. The number of aryl methyl sites for hydroxylation is 1. The number of urea groups is 1. The van der Waals surface area contributed by atoms with Crippen molar-refractivity contribution in [2.45, 2.75) is 19.1 Å². The first kappa shape index (κ1) is 22.9. The van der Waals surface area contributed by atoms with Crippen LogP contribution in [0, 0.1) is 6.92 Å². The van der Waals surface area contributed by atoms with Gasteiger partial charge in [0.15, 0.2) is 5.82 Å². The molecular formula is C22H23N5O4S. The summed E-state index contributed by atoms with van der Waals surface area (Å²) in [6.07, 6.45) is 0. The Morgan fingerprint density at radius 2 is 1.56 bits per heavy atom. The first-order valence-corrected chi connectivity index (χ1v) is 10.8. The maximum atomic E-state index is 12.3. The maximum Gasteiger partial charge on any atom is 0.323 e. The lowest BCUT2D eigenvalue weighted by atomic mass is 10.2. The molecular weight excluding hydrogens is 430 g/mol. The van der Waals surface area contributed by atoms with E-state index in [9.17, 15) is 14.4 Å². The van der Waals surface area contributed by atoms with Crippen molar-refractivity contribution < 1.29 is 18.9 Å². The molecule has 3 rings (SSSR count). The normalized spacial score (nSPS) is 11.3. The van der Waals surface area contributed by atoms with E-state index in [0.29, 0.717) is 28.6 Å². The number of hydrogen-bond donors (Lipinski definition) is 4. The molecule has 1 atom stereocenters. The summed E-state index contributed by atoms with van der Waals surface area (Å²) in [4.78, 5) is 36.6. The van der Waals surface area contributed by atoms with Gasteiger partial charge in [0, 0.05) is 23.1 Å². The molecule has 10 heteroatoms. The molecule has 0 aliphatic carbocycles. The molecule has 0 radical (unpaired) electrons. The number of carbonyl (C=O) groups excluding carboxylic acids is 3. The Kier molecular flexibility index (Phi) is 7.87. The lowest BCUT2D eigenvalue weighted by molar-refractivity contribution is -0.115. The number of nitrogens with one attached hydrogen (secondary N) is 4. The topological polar surface area (TPSA) is 125 Å². The van der Waals surface area contributed by atoms with Crippen molar-refractivity contribution in [2.24, 2.45) is 0 Å². The molecule has 0 saturated heterocycles. The summed E-state index contributed by atoms with van der Waals surface area (Å²) in [5.41, 5.74) is 1.73. The molecule has 32 heavy (non-hydrogen) atoms. The van der Waals surface area contributed by atoms with E-state index >= 15 is 0 Å². The number of rotatable bonds is 8. The third-order valence-corrected chi connectivity index (χ3v) is 5.29. The molecule has 0 spiro atoms. The second-order valence-electron chi connectivity index (χ2n) is 6.84. The minimum absolute atomic E-state index is 0.0819. The lowest BCUT2D eigenvalue weighted by Crippen LogP contribution is -2.25. The molecule has 1 unspecified atom stereocenters. The van der Waals surface area contributed by atoms with Gasteiger partial charge >= 0.3 is 6.03 Å². The van der Waals surface area contributed by atoms with Gasteiger partial charge in [-0.05, 0) is 44.2 Å². The van der Waals surface area contributed by atoms with Crippen molar-refractivity contribution in [3.05, 3.63) is 66.4 Å². The largest absolute Gasteiger partial charge is 0.360 e. The van der Waals surface area contributed by atoms with Crippen LogP contribution >= 0.6 is 11.8 Å². The van der Waals surface area contributed by atoms with Gasteiger partial charge in [-0.15, -0.1) is 11.8 Å². The zero-order valence-corrected chi connectivity index (χ0v) is 18.4. The van der Waals surface area contributed by atoms with E-state index in [1.54, 1.807) is 56.3 Å². The second-order valence-corrected chi connectivity index (χ2v) is 8.17. The van der Waals surface area contributed by atoms with Gasteiger partial charge in [-0.2, -0.15) is 0 Å². The van der Waals surface area contributed by atoms with E-state index in [0.717, 1.165) is 0 Å². The highest BCUT2D eigenvalue weighted by Gasteiger charge is 2.17. The Morgan fingerprint density at radius 1 is 0.906 bits per heavy atom. The number of carbonyl (C=O) groups is 3. The van der Waals surface area contributed by atoms with Crippen LogP contribution in [0.3, 0.4) is 0 Å². The van der Waals surface area contributed by atoms with Crippen molar-refractivity contribution in [1.82, 2.24) is 5.16 Å². The molecule has 0 bridgehead atoms. The average molecular weight is 454 g/mol. The Labute approximate surface area is 189 Å². The van der Waals surface area contributed by atoms with Crippen molar-refractivity contribution in [2.75, 3.05) is 27.0 Å². The van der Waals surface area contributed by atoms with E-state index < -0.39 is 11.3 Å². The minimum Gasteiger partial charge on any atom is -0.360 e. The SMILES string of the molecule is Cc1cc(NC(=O)C(C)SCC(=O)Nc2cccc(NC(=O)Nc3ccccc3)c2)no1. The van der Waals surface area contributed by atoms with Gasteiger partial charge in [-0.25, -0.2) is 4.79 Å². The van der Waals surface area contributed by atoms with E-state index in [-0.39, 0.29) is 17.6 Å². The van der Waals surface area contributed by atoms with Gasteiger partial charge in [0.05, 0.1) is 11.0 Å². The molecule has 4 amide bonds. The van der Waals surface area contributed by atoms with Crippen LogP contribution in [0.4, 0.5) is 27.7 Å². The fourth-order valence-corrected chi connectivity index (χ4v) is 3.30. The molecule has 1 heterocycles. The van der Waals surface area contributed by atoms with Gasteiger partial charge in [0.1, 0.15) is 5.76 Å². The van der Waals surface area contributed by atoms with Crippen molar-refractivity contribution in [3.8, 4) is 0 Å². The highest BCUT2D eigenvalue weighted by atomic mass is 32.2. The van der Waals surface area contributed by atoms with Crippen LogP contribution in [0.1, 0.15) is 12.7 Å². The Balaban J connectivity index is 1.45. The number of aromatic nitrogens is 1. The fourth-order valence-electron chi connectivity index (χ4n) is 2.62. The first-order chi connectivity index (χ1) is 15.4. The summed E-state index contributed by atoms with van der Waals surface area (Å²) in [5.74, 6) is 0.474. The van der Waals surface area contributed by atoms with Crippen molar-refractivity contribution >= 4 is 52.5 Å². The second kappa shape index (κ2) is 11.0. The molecule has 2 aromatic carbocycles. The smallest absolute Gasteiger partial charge is 0.323 e. The van der Waals surface area contributed by atoms with E-state index in [1.807, 2.05) is 18.2 Å². The van der Waals surface area contributed by atoms with E-state index in [2.05, 4.69) is 26.4 Å². The molecule has 4 N–H and O–H groups in total. The van der Waals surface area contributed by atoms with Crippen LogP contribution in [-0.2, 0) is 9.59 Å². The zero-order chi connectivity index (χ0) is 22.9. The predicted octanol–water partition coefficient (Wildman–Crippen LogP) is 4.33. The quantitative estimate of drug-likeness (QED) is 0.402. The monoisotopic (exact) mass is 453 g/mol. The molecule has 0 fully saturated rings. The van der Waals surface area contributed by atoms with Gasteiger partial charge < -0.3 is 25.8 Å². The van der Waals surface area contributed by atoms with Crippen LogP contribution in [0.5, 0.6) is 0 Å². The van der Waals surface area contributed by atoms with Gasteiger partial charge in [-0.3, -0.25) is 9.59 Å². The Bertz CT molecular complexity index is 1090. The molecule has 9 nitrogen and oxygen atoms in total. The van der Waals surface area contributed by atoms with Crippen molar-refractivity contribution in [1.29, 1.82) is 0 Å². The first-order valence-electron chi connectivity index (χ1n) is 9.78. The predicted molar refractivity (Wildman–Crippen MR) is 126 cm³/mol. The van der Waals surface area contributed by atoms with Crippen molar-refractivity contribution in [3.63, 3.8) is 0 Å². The third-order valence-electron chi connectivity index (χ3n) is 4.15. The highest BCUT2D eigenvalue weighted by molar-refractivity contribution is 8.01. The van der Waals surface area contributed by atoms with Gasteiger partial charge in [-0.1, -0.05) is 29.4 Å². The Morgan fingerprint density at radius 3 is 2.25 bits per heavy atom. The van der Waals surface area contributed by atoms with Gasteiger partial charge in [0.2, 0.25) is 11.8 Å². The summed E-state index contributed by atoms with van der Waals surface area (Å²) >= 11 is 1.19. The number of anilines is 4. The number of amides is 4. The average Bonchev–Trinajstić information content (AvgIpc) is 3.17. The van der Waals surface area contributed by atoms with Gasteiger partial charge in [0.25, 0.3) is 0 Å². The summed E-state index contributed by atoms with van der Waals surface area (Å²) in [5, 5.41) is 14.1. The molecule has 3 aromatic rings. The number of para-hydroxylation sites is 1. The zero-order valence-electron chi connectivity index (χ0n) is 17.5. The maximum absolute atomic E-state index is 12.3. The molecule has 1 aromatic heterocycles. The minimum atomic E-state index is -0.465. The van der Waals surface area contributed by atoms with Crippen LogP contribution in [0.15, 0.2) is 65.2 Å². The van der Waals surface area contributed by atoms with Crippen LogP contribution in [-0.4, -0.2) is 34.0 Å². The van der Waals surface area contributed by atoms with Crippen LogP contribution in [0.25, 0.3) is 0 Å².